The topological polar surface area (TPSA) is 112 Å². The minimum atomic E-state index is -0.530. The van der Waals surface area contributed by atoms with Crippen LogP contribution in [0.25, 0.3) is 11.1 Å². The van der Waals surface area contributed by atoms with Crippen LogP contribution in [0.15, 0.2) is 52.0 Å². The first-order valence-corrected chi connectivity index (χ1v) is 11.0. The number of hydrogen-bond donors (Lipinski definition) is 1. The van der Waals surface area contributed by atoms with Crippen molar-refractivity contribution in [2.75, 3.05) is 31.6 Å². The van der Waals surface area contributed by atoms with Gasteiger partial charge in [0, 0.05) is 30.8 Å². The molecule has 1 aromatic carbocycles. The quantitative estimate of drug-likeness (QED) is 0.467. The van der Waals surface area contributed by atoms with E-state index in [0.717, 1.165) is 0 Å². The summed E-state index contributed by atoms with van der Waals surface area (Å²) in [5, 5.41) is 22.9. The minimum Gasteiger partial charge on any atom is -0.442 e. The third-order valence-electron chi connectivity index (χ3n) is 5.35. The first-order chi connectivity index (χ1) is 16.3. The highest BCUT2D eigenvalue weighted by atomic mass is 19.1. The lowest BCUT2D eigenvalue weighted by Crippen LogP contribution is -2.30. The van der Waals surface area contributed by atoms with Gasteiger partial charge in [-0.05, 0) is 38.1 Å². The molecular weight excluding hydrogens is 443 g/mol. The summed E-state index contributed by atoms with van der Waals surface area (Å²) in [4.78, 5) is 23.2. The fourth-order valence-corrected chi connectivity index (χ4v) is 3.66. The van der Waals surface area contributed by atoms with Gasteiger partial charge in [-0.15, -0.1) is 0 Å². The zero-order chi connectivity index (χ0) is 24.2. The summed E-state index contributed by atoms with van der Waals surface area (Å²) < 4.78 is 20.4. The maximum Gasteiger partial charge on any atom is 0.414 e. The molecule has 0 spiro atoms. The molecule has 11 heteroatoms. The molecular formula is C23H27FN6O4. The van der Waals surface area contributed by atoms with Crippen LogP contribution in [0.5, 0.6) is 0 Å². The number of aliphatic hydroxyl groups is 1. The molecule has 0 saturated carbocycles. The third kappa shape index (κ3) is 5.30. The molecule has 2 aliphatic rings. The minimum absolute atomic E-state index is 0.0714. The van der Waals surface area contributed by atoms with Crippen LogP contribution in [0.4, 0.5) is 14.9 Å². The highest BCUT2D eigenvalue weighted by Crippen LogP contribution is 2.29. The first-order valence-electron chi connectivity index (χ1n) is 11.0. The van der Waals surface area contributed by atoms with Gasteiger partial charge in [-0.2, -0.15) is 5.11 Å². The summed E-state index contributed by atoms with van der Waals surface area (Å²) in [5.41, 5.74) is 2.61. The molecule has 10 nitrogen and oxygen atoms in total. The number of ether oxygens (including phenoxy) is 1. The molecule has 2 aliphatic heterocycles. The number of oxime groups is 1. The van der Waals surface area contributed by atoms with Gasteiger partial charge in [-0.1, -0.05) is 16.4 Å². The predicted molar refractivity (Wildman–Crippen MR) is 123 cm³/mol. The van der Waals surface area contributed by atoms with Crippen LogP contribution < -0.4 is 4.90 Å². The second kappa shape index (κ2) is 10.1. The molecule has 1 saturated heterocycles. The van der Waals surface area contributed by atoms with E-state index in [1.807, 2.05) is 13.8 Å². The van der Waals surface area contributed by atoms with E-state index in [0.29, 0.717) is 41.2 Å². The number of cyclic esters (lactones) is 1. The summed E-state index contributed by atoms with van der Waals surface area (Å²) in [6.07, 6.45) is 0.733. The number of carbonyl (C=O) groups excluding carboxylic acids is 1. The van der Waals surface area contributed by atoms with E-state index < -0.39 is 18.0 Å². The van der Waals surface area contributed by atoms with Crippen molar-refractivity contribution < 1.29 is 23.9 Å². The summed E-state index contributed by atoms with van der Waals surface area (Å²) >= 11 is 0. The van der Waals surface area contributed by atoms with E-state index in [1.54, 1.807) is 42.5 Å². The smallest absolute Gasteiger partial charge is 0.414 e. The van der Waals surface area contributed by atoms with Crippen molar-refractivity contribution in [3.63, 3.8) is 0 Å². The third-order valence-corrected chi connectivity index (χ3v) is 5.35. The molecule has 1 fully saturated rings. The van der Waals surface area contributed by atoms with Crippen molar-refractivity contribution in [2.45, 2.75) is 38.5 Å². The van der Waals surface area contributed by atoms with Crippen LogP contribution in [0.2, 0.25) is 0 Å². The number of hydrogen-bond acceptors (Lipinski definition) is 8. The number of aromatic nitrogens is 1. The molecule has 2 atom stereocenters. The molecule has 1 amide bonds. The Bertz CT molecular complexity index is 1090. The van der Waals surface area contributed by atoms with Gasteiger partial charge >= 0.3 is 6.09 Å². The number of amides is 1. The summed E-state index contributed by atoms with van der Waals surface area (Å²) in [6.45, 7) is 4.39. The fourth-order valence-electron chi connectivity index (χ4n) is 3.66. The average molecular weight is 471 g/mol. The molecule has 34 heavy (non-hydrogen) atoms. The Morgan fingerprint density at radius 2 is 2.12 bits per heavy atom. The zero-order valence-electron chi connectivity index (χ0n) is 19.3. The molecule has 0 radical (unpaired) electrons. The second-order valence-corrected chi connectivity index (χ2v) is 8.50. The zero-order valence-corrected chi connectivity index (χ0v) is 19.3. The van der Waals surface area contributed by atoms with Gasteiger partial charge in [-0.25, -0.2) is 9.18 Å². The van der Waals surface area contributed by atoms with E-state index in [1.165, 1.54) is 11.0 Å². The van der Waals surface area contributed by atoms with Gasteiger partial charge in [0.25, 0.3) is 0 Å². The number of anilines is 1. The van der Waals surface area contributed by atoms with Gasteiger partial charge in [0.05, 0.1) is 37.1 Å². The second-order valence-electron chi connectivity index (χ2n) is 8.50. The average Bonchev–Trinajstić information content (AvgIpc) is 3.44. The number of likely N-dealkylation sites (N-methyl/N-ethyl adjacent to an activating group) is 1. The van der Waals surface area contributed by atoms with Crippen molar-refractivity contribution in [1.82, 2.24) is 9.99 Å². The Balaban J connectivity index is 1.43. The molecule has 1 aromatic heterocycles. The molecule has 180 valence electrons. The SMILES string of the molecule is CC(C)N=NN(C)CC1CN(c2ccc(-c3ccc(C4=NOC(CO)C4)nc3)c(F)c2)C(=O)O1. The van der Waals surface area contributed by atoms with Crippen molar-refractivity contribution in [1.29, 1.82) is 0 Å². The van der Waals surface area contributed by atoms with Gasteiger partial charge in [0.1, 0.15) is 17.6 Å². The Morgan fingerprint density at radius 1 is 1.29 bits per heavy atom. The van der Waals surface area contributed by atoms with Gasteiger partial charge in [-0.3, -0.25) is 14.9 Å². The van der Waals surface area contributed by atoms with Crippen LogP contribution in [0, 0.1) is 5.82 Å². The van der Waals surface area contributed by atoms with Crippen molar-refractivity contribution >= 4 is 17.5 Å². The number of aliphatic hydroxyl groups excluding tert-OH is 1. The Labute approximate surface area is 196 Å². The standard InChI is InChI=1S/C23H27FN6O4/c1-14(2)26-28-29(3)11-18-12-30(23(32)33-18)16-5-6-19(20(24)8-16)15-4-7-21(25-10-15)22-9-17(13-31)34-27-22/h4-8,10,14,17-18,31H,9,11-13H2,1-3H3. The Hall–Kier alpha value is -3.60. The summed E-state index contributed by atoms with van der Waals surface area (Å²) in [7, 11) is 1.76. The monoisotopic (exact) mass is 470 g/mol. The number of benzene rings is 1. The highest BCUT2D eigenvalue weighted by Gasteiger charge is 2.33. The van der Waals surface area contributed by atoms with E-state index in [9.17, 15) is 9.18 Å². The molecule has 2 unspecified atom stereocenters. The number of halogens is 1. The van der Waals surface area contributed by atoms with Crippen LogP contribution >= 0.6 is 0 Å². The molecule has 2 aromatic rings. The lowest BCUT2D eigenvalue weighted by molar-refractivity contribution is 0.0390. The predicted octanol–water partition coefficient (Wildman–Crippen LogP) is 3.41. The Kier molecular flexibility index (Phi) is 7.01. The number of carbonyl (C=O) groups is 1. The van der Waals surface area contributed by atoms with Crippen LogP contribution in [-0.2, 0) is 9.57 Å². The largest absolute Gasteiger partial charge is 0.442 e. The first kappa shape index (κ1) is 23.6. The maximum absolute atomic E-state index is 15.0. The molecule has 3 heterocycles. The van der Waals surface area contributed by atoms with Crippen LogP contribution in [0.3, 0.4) is 0 Å². The molecule has 4 rings (SSSR count). The lowest BCUT2D eigenvalue weighted by Gasteiger charge is -2.16. The van der Waals surface area contributed by atoms with Gasteiger partial charge in [0.2, 0.25) is 0 Å². The molecule has 0 bridgehead atoms. The van der Waals surface area contributed by atoms with E-state index in [4.69, 9.17) is 14.7 Å². The summed E-state index contributed by atoms with van der Waals surface area (Å²) in [5.74, 6) is -0.479. The molecule has 0 aliphatic carbocycles. The van der Waals surface area contributed by atoms with Crippen LogP contribution in [0.1, 0.15) is 26.0 Å². The van der Waals surface area contributed by atoms with Crippen molar-refractivity contribution in [3.05, 3.63) is 48.0 Å². The fraction of sp³-hybridized carbons (Fsp3) is 0.435. The van der Waals surface area contributed by atoms with Crippen molar-refractivity contribution in [3.8, 4) is 11.1 Å². The van der Waals surface area contributed by atoms with Crippen LogP contribution in [-0.4, -0.2) is 71.9 Å². The summed E-state index contributed by atoms with van der Waals surface area (Å²) in [6, 6.07) is 8.16. The number of rotatable bonds is 8. The number of nitrogens with zero attached hydrogens (tertiary/aromatic N) is 6. The highest BCUT2D eigenvalue weighted by molar-refractivity contribution is 5.99. The molecule has 1 N–H and O–H groups in total. The van der Waals surface area contributed by atoms with Crippen molar-refractivity contribution in [2.24, 2.45) is 15.5 Å². The Morgan fingerprint density at radius 3 is 2.76 bits per heavy atom. The van der Waals surface area contributed by atoms with E-state index >= 15 is 0 Å². The van der Waals surface area contributed by atoms with Gasteiger partial charge < -0.3 is 14.7 Å². The number of pyridine rings is 1. The lowest BCUT2D eigenvalue weighted by atomic mass is 10.0. The van der Waals surface area contributed by atoms with E-state index in [2.05, 4.69) is 20.5 Å². The normalized spacial score (nSPS) is 20.1. The van der Waals surface area contributed by atoms with E-state index in [-0.39, 0.29) is 25.3 Å². The maximum atomic E-state index is 15.0. The van der Waals surface area contributed by atoms with Gasteiger partial charge in [0.15, 0.2) is 6.10 Å².